The van der Waals surface area contributed by atoms with Gasteiger partial charge >= 0.3 is 0 Å². The number of rotatable bonds is 3. The fraction of sp³-hybridized carbons (Fsp3) is 0.136. The van der Waals surface area contributed by atoms with Gasteiger partial charge in [0.1, 0.15) is 19.0 Å². The highest BCUT2D eigenvalue weighted by Gasteiger charge is 2.13. The lowest BCUT2D eigenvalue weighted by Crippen LogP contribution is -2.15. The summed E-state index contributed by atoms with van der Waals surface area (Å²) in [5.74, 6) is 1.51. The van der Waals surface area contributed by atoms with Crippen LogP contribution in [0.3, 0.4) is 0 Å². The largest absolute Gasteiger partial charge is 0.508 e. The molecule has 5 heteroatoms. The predicted molar refractivity (Wildman–Crippen MR) is 104 cm³/mol. The first kappa shape index (κ1) is 17.0. The summed E-state index contributed by atoms with van der Waals surface area (Å²) in [6.45, 7) is 2.59. The molecular formula is C22H19NO4. The van der Waals surface area contributed by atoms with Gasteiger partial charge in [-0.2, -0.15) is 0 Å². The standard InChI is InChI=1S/C22H19NO4/c1-14(24)23-20-8-7-18(25)13-19(20)16-4-2-15(3-5-16)17-6-9-21-22(12-17)27-11-10-26-21/h2-9,12-13,25H,10-11H2,1H3,(H,23,24). The second kappa shape index (κ2) is 7.03. The van der Waals surface area contributed by atoms with E-state index in [4.69, 9.17) is 9.47 Å². The van der Waals surface area contributed by atoms with E-state index in [1.807, 2.05) is 42.5 Å². The van der Waals surface area contributed by atoms with Crippen molar-refractivity contribution in [2.75, 3.05) is 18.5 Å². The Morgan fingerprint density at radius 3 is 2.26 bits per heavy atom. The Bertz CT molecular complexity index is 996. The van der Waals surface area contributed by atoms with Gasteiger partial charge in [-0.3, -0.25) is 4.79 Å². The Kier molecular flexibility index (Phi) is 4.42. The van der Waals surface area contributed by atoms with Gasteiger partial charge in [0.15, 0.2) is 11.5 Å². The predicted octanol–water partition coefficient (Wildman–Crippen LogP) is 4.46. The highest BCUT2D eigenvalue weighted by atomic mass is 16.6. The SMILES string of the molecule is CC(=O)Nc1ccc(O)cc1-c1ccc(-c2ccc3c(c2)OCCO3)cc1. The van der Waals surface area contributed by atoms with Crippen LogP contribution in [0.5, 0.6) is 17.2 Å². The van der Waals surface area contributed by atoms with E-state index in [1.165, 1.54) is 6.92 Å². The summed E-state index contributed by atoms with van der Waals surface area (Å²) in [6, 6.07) is 18.7. The fourth-order valence-corrected chi connectivity index (χ4v) is 3.13. The summed E-state index contributed by atoms with van der Waals surface area (Å²) in [4.78, 5) is 11.4. The zero-order valence-corrected chi connectivity index (χ0v) is 14.9. The molecule has 0 spiro atoms. The maximum atomic E-state index is 11.4. The van der Waals surface area contributed by atoms with Crippen molar-refractivity contribution in [1.82, 2.24) is 0 Å². The van der Waals surface area contributed by atoms with E-state index in [9.17, 15) is 9.90 Å². The number of amides is 1. The van der Waals surface area contributed by atoms with Crippen molar-refractivity contribution in [3.05, 3.63) is 60.7 Å². The van der Waals surface area contributed by atoms with Gasteiger partial charge < -0.3 is 19.9 Å². The Hall–Kier alpha value is -3.47. The van der Waals surface area contributed by atoms with Gasteiger partial charge in [0, 0.05) is 18.2 Å². The van der Waals surface area contributed by atoms with Crippen LogP contribution in [-0.4, -0.2) is 24.2 Å². The average Bonchev–Trinajstić information content (AvgIpc) is 2.69. The molecule has 0 aromatic heterocycles. The molecule has 136 valence electrons. The van der Waals surface area contributed by atoms with Crippen LogP contribution in [-0.2, 0) is 4.79 Å². The molecule has 2 N–H and O–H groups in total. The van der Waals surface area contributed by atoms with E-state index in [0.717, 1.165) is 33.8 Å². The van der Waals surface area contributed by atoms with Crippen LogP contribution in [0.2, 0.25) is 0 Å². The van der Waals surface area contributed by atoms with Gasteiger partial charge in [0.05, 0.1) is 0 Å². The number of fused-ring (bicyclic) bond motifs is 1. The van der Waals surface area contributed by atoms with Gasteiger partial charge in [0.2, 0.25) is 5.91 Å². The first-order valence-corrected chi connectivity index (χ1v) is 8.71. The number of nitrogens with one attached hydrogen (secondary N) is 1. The Morgan fingerprint density at radius 2 is 1.52 bits per heavy atom. The molecule has 3 aromatic carbocycles. The molecule has 1 aliphatic rings. The van der Waals surface area contributed by atoms with Gasteiger partial charge in [0.25, 0.3) is 0 Å². The number of phenols is 1. The minimum atomic E-state index is -0.158. The zero-order chi connectivity index (χ0) is 18.8. The van der Waals surface area contributed by atoms with Crippen molar-refractivity contribution in [3.63, 3.8) is 0 Å². The van der Waals surface area contributed by atoms with Crippen molar-refractivity contribution in [1.29, 1.82) is 0 Å². The van der Waals surface area contributed by atoms with E-state index in [-0.39, 0.29) is 11.7 Å². The Morgan fingerprint density at radius 1 is 0.852 bits per heavy atom. The quantitative estimate of drug-likeness (QED) is 0.676. The number of carbonyl (C=O) groups is 1. The maximum Gasteiger partial charge on any atom is 0.221 e. The molecule has 0 saturated heterocycles. The number of hydrogen-bond acceptors (Lipinski definition) is 4. The summed E-state index contributed by atoms with van der Waals surface area (Å²) < 4.78 is 11.2. The van der Waals surface area contributed by atoms with Gasteiger partial charge in [-0.05, 0) is 47.0 Å². The van der Waals surface area contributed by atoms with Crippen molar-refractivity contribution in [3.8, 4) is 39.5 Å². The summed E-state index contributed by atoms with van der Waals surface area (Å²) in [7, 11) is 0. The number of carbonyl (C=O) groups excluding carboxylic acids is 1. The first-order valence-electron chi connectivity index (χ1n) is 8.71. The summed E-state index contributed by atoms with van der Waals surface area (Å²) in [5.41, 5.74) is 4.39. The monoisotopic (exact) mass is 361 g/mol. The van der Waals surface area contributed by atoms with Crippen LogP contribution in [0.15, 0.2) is 60.7 Å². The molecule has 1 amide bonds. The maximum absolute atomic E-state index is 11.4. The summed E-state index contributed by atoms with van der Waals surface area (Å²) in [5, 5.41) is 12.6. The van der Waals surface area contributed by atoms with Crippen LogP contribution >= 0.6 is 0 Å². The summed E-state index contributed by atoms with van der Waals surface area (Å²) in [6.07, 6.45) is 0. The third kappa shape index (κ3) is 3.58. The minimum absolute atomic E-state index is 0.148. The van der Waals surface area contributed by atoms with Crippen molar-refractivity contribution < 1.29 is 19.4 Å². The van der Waals surface area contributed by atoms with Gasteiger partial charge in [-0.15, -0.1) is 0 Å². The van der Waals surface area contributed by atoms with Crippen molar-refractivity contribution >= 4 is 11.6 Å². The van der Waals surface area contributed by atoms with Crippen molar-refractivity contribution in [2.45, 2.75) is 6.92 Å². The highest BCUT2D eigenvalue weighted by Crippen LogP contribution is 2.36. The molecule has 0 atom stereocenters. The normalized spacial score (nSPS) is 12.5. The lowest BCUT2D eigenvalue weighted by Gasteiger charge is -2.19. The van der Waals surface area contributed by atoms with Crippen LogP contribution in [0.4, 0.5) is 5.69 Å². The van der Waals surface area contributed by atoms with Crippen LogP contribution in [0, 0.1) is 0 Å². The smallest absolute Gasteiger partial charge is 0.221 e. The third-order valence-corrected chi connectivity index (χ3v) is 4.39. The Labute approximate surface area is 157 Å². The van der Waals surface area contributed by atoms with E-state index in [1.54, 1.807) is 18.2 Å². The number of ether oxygens (including phenoxy) is 2. The molecule has 5 nitrogen and oxygen atoms in total. The second-order valence-electron chi connectivity index (χ2n) is 6.35. The van der Waals surface area contributed by atoms with Crippen LogP contribution in [0.25, 0.3) is 22.3 Å². The number of aromatic hydroxyl groups is 1. The molecule has 0 aliphatic carbocycles. The second-order valence-corrected chi connectivity index (χ2v) is 6.35. The molecule has 4 rings (SSSR count). The lowest BCUT2D eigenvalue weighted by molar-refractivity contribution is -0.114. The lowest BCUT2D eigenvalue weighted by atomic mass is 9.98. The van der Waals surface area contributed by atoms with E-state index in [0.29, 0.717) is 18.9 Å². The summed E-state index contributed by atoms with van der Waals surface area (Å²) >= 11 is 0. The first-order chi connectivity index (χ1) is 13.1. The number of benzene rings is 3. The van der Waals surface area contributed by atoms with Crippen LogP contribution in [0.1, 0.15) is 6.92 Å². The van der Waals surface area contributed by atoms with E-state index < -0.39 is 0 Å². The minimum Gasteiger partial charge on any atom is -0.508 e. The van der Waals surface area contributed by atoms with Gasteiger partial charge in [-0.25, -0.2) is 0 Å². The third-order valence-electron chi connectivity index (χ3n) is 4.39. The molecule has 3 aromatic rings. The Balaban J connectivity index is 1.67. The van der Waals surface area contributed by atoms with Gasteiger partial charge in [-0.1, -0.05) is 30.3 Å². The molecule has 0 radical (unpaired) electrons. The molecule has 0 saturated carbocycles. The molecular weight excluding hydrogens is 342 g/mol. The number of anilines is 1. The molecule has 27 heavy (non-hydrogen) atoms. The molecule has 0 fully saturated rings. The van der Waals surface area contributed by atoms with Crippen molar-refractivity contribution in [2.24, 2.45) is 0 Å². The highest BCUT2D eigenvalue weighted by molar-refractivity contribution is 5.94. The molecule has 1 aliphatic heterocycles. The fourth-order valence-electron chi connectivity index (χ4n) is 3.13. The molecule has 0 unspecified atom stereocenters. The van der Waals surface area contributed by atoms with E-state index >= 15 is 0 Å². The number of hydrogen-bond donors (Lipinski definition) is 2. The molecule has 1 heterocycles. The zero-order valence-electron chi connectivity index (χ0n) is 14.9. The van der Waals surface area contributed by atoms with Crippen LogP contribution < -0.4 is 14.8 Å². The number of phenolic OH excluding ortho intramolecular Hbond substituents is 1. The van der Waals surface area contributed by atoms with E-state index in [2.05, 4.69) is 5.32 Å². The molecule has 0 bridgehead atoms. The average molecular weight is 361 g/mol. The topological polar surface area (TPSA) is 67.8 Å².